The van der Waals surface area contributed by atoms with Gasteiger partial charge in [-0.3, -0.25) is 4.79 Å². The lowest BCUT2D eigenvalue weighted by Gasteiger charge is -2.12. The fourth-order valence-corrected chi connectivity index (χ4v) is 1.04. The molecular formula is C13H16FNO. The minimum Gasteiger partial charge on any atom is -0.361 e. The summed E-state index contributed by atoms with van der Waals surface area (Å²) in [6, 6.07) is 6.08. The molecule has 1 rings (SSSR count). The van der Waals surface area contributed by atoms with Crippen LogP contribution in [0.2, 0.25) is 0 Å². The molecule has 0 saturated carbocycles. The third-order valence-electron chi connectivity index (χ3n) is 2.05. The van der Waals surface area contributed by atoms with Gasteiger partial charge < -0.3 is 5.32 Å². The summed E-state index contributed by atoms with van der Waals surface area (Å²) >= 11 is 0. The molecule has 0 spiro atoms. The Morgan fingerprint density at radius 3 is 2.62 bits per heavy atom. The van der Waals surface area contributed by atoms with E-state index in [1.807, 2.05) is 20.8 Å². The van der Waals surface area contributed by atoms with Gasteiger partial charge in [-0.1, -0.05) is 26.8 Å². The van der Waals surface area contributed by atoms with Crippen LogP contribution in [-0.4, -0.2) is 5.78 Å². The summed E-state index contributed by atoms with van der Waals surface area (Å²) in [6.07, 6.45) is 2.99. The number of allylic oxidation sites excluding steroid dienone is 1. The number of benzene rings is 1. The van der Waals surface area contributed by atoms with Gasteiger partial charge >= 0.3 is 0 Å². The van der Waals surface area contributed by atoms with Crippen LogP contribution in [0.3, 0.4) is 0 Å². The highest BCUT2D eigenvalue weighted by atomic mass is 19.1. The molecular weight excluding hydrogens is 205 g/mol. The van der Waals surface area contributed by atoms with Crippen molar-refractivity contribution in [2.75, 3.05) is 5.32 Å². The second kappa shape index (κ2) is 4.92. The molecule has 0 amide bonds. The third kappa shape index (κ3) is 3.85. The first-order valence-corrected chi connectivity index (χ1v) is 5.13. The van der Waals surface area contributed by atoms with Gasteiger partial charge in [0.15, 0.2) is 5.78 Å². The second-order valence-electron chi connectivity index (χ2n) is 4.60. The molecule has 0 atom stereocenters. The topological polar surface area (TPSA) is 29.1 Å². The van der Waals surface area contributed by atoms with Gasteiger partial charge in [0.2, 0.25) is 0 Å². The normalized spacial score (nSPS) is 11.8. The van der Waals surface area contributed by atoms with Crippen molar-refractivity contribution >= 4 is 11.5 Å². The quantitative estimate of drug-likeness (QED) is 0.793. The zero-order valence-electron chi connectivity index (χ0n) is 9.75. The maximum Gasteiger partial charge on any atom is 0.162 e. The van der Waals surface area contributed by atoms with Crippen molar-refractivity contribution in [3.05, 3.63) is 42.4 Å². The van der Waals surface area contributed by atoms with Crippen molar-refractivity contribution in [3.8, 4) is 0 Å². The van der Waals surface area contributed by atoms with Crippen LogP contribution in [-0.2, 0) is 4.79 Å². The molecule has 0 aliphatic heterocycles. The van der Waals surface area contributed by atoms with E-state index in [-0.39, 0.29) is 17.0 Å². The van der Waals surface area contributed by atoms with Crippen molar-refractivity contribution in [2.45, 2.75) is 20.8 Å². The predicted octanol–water partition coefficient (Wildman–Crippen LogP) is 3.37. The van der Waals surface area contributed by atoms with Gasteiger partial charge in [0.25, 0.3) is 0 Å². The van der Waals surface area contributed by atoms with Crippen molar-refractivity contribution in [3.63, 3.8) is 0 Å². The van der Waals surface area contributed by atoms with E-state index in [9.17, 15) is 9.18 Å². The summed E-state index contributed by atoms with van der Waals surface area (Å²) in [4.78, 5) is 11.5. The molecule has 1 N–H and O–H groups in total. The summed E-state index contributed by atoms with van der Waals surface area (Å²) in [5, 5.41) is 2.85. The van der Waals surface area contributed by atoms with Gasteiger partial charge in [0.05, 0.1) is 0 Å². The van der Waals surface area contributed by atoms with E-state index in [2.05, 4.69) is 5.32 Å². The largest absolute Gasteiger partial charge is 0.361 e. The number of halogens is 1. The molecule has 16 heavy (non-hydrogen) atoms. The summed E-state index contributed by atoms with van der Waals surface area (Å²) < 4.78 is 12.8. The highest BCUT2D eigenvalue weighted by molar-refractivity contribution is 5.94. The third-order valence-corrected chi connectivity index (χ3v) is 2.05. The van der Waals surface area contributed by atoms with E-state index in [0.29, 0.717) is 5.69 Å². The van der Waals surface area contributed by atoms with Crippen LogP contribution < -0.4 is 5.32 Å². The maximum atomic E-state index is 12.8. The number of carbonyl (C=O) groups is 1. The fourth-order valence-electron chi connectivity index (χ4n) is 1.04. The molecule has 3 heteroatoms. The van der Waals surface area contributed by atoms with Gasteiger partial charge in [-0.15, -0.1) is 0 Å². The average molecular weight is 221 g/mol. The highest BCUT2D eigenvalue weighted by Gasteiger charge is 2.17. The molecule has 0 aromatic heterocycles. The lowest BCUT2D eigenvalue weighted by Crippen LogP contribution is -2.17. The Hall–Kier alpha value is -1.64. The summed E-state index contributed by atoms with van der Waals surface area (Å²) in [5.41, 5.74) is 0.234. The van der Waals surface area contributed by atoms with E-state index in [4.69, 9.17) is 0 Å². The number of ketones is 1. The molecule has 86 valence electrons. The first kappa shape index (κ1) is 12.4. The van der Waals surface area contributed by atoms with Crippen molar-refractivity contribution in [1.29, 1.82) is 0 Å². The Balaban J connectivity index is 2.59. The van der Waals surface area contributed by atoms with E-state index in [0.717, 1.165) is 0 Å². The van der Waals surface area contributed by atoms with Gasteiger partial charge in [-0.25, -0.2) is 4.39 Å². The lowest BCUT2D eigenvalue weighted by molar-refractivity contribution is -0.121. The molecule has 0 fully saturated rings. The molecule has 0 bridgehead atoms. The average Bonchev–Trinajstić information content (AvgIpc) is 2.16. The lowest BCUT2D eigenvalue weighted by atomic mass is 9.91. The minimum absolute atomic E-state index is 0.0244. The van der Waals surface area contributed by atoms with Crippen LogP contribution in [0.5, 0.6) is 0 Å². The van der Waals surface area contributed by atoms with Gasteiger partial charge in [-0.2, -0.15) is 0 Å². The summed E-state index contributed by atoms with van der Waals surface area (Å²) in [7, 11) is 0. The van der Waals surface area contributed by atoms with Crippen LogP contribution >= 0.6 is 0 Å². The van der Waals surface area contributed by atoms with E-state index in [1.165, 1.54) is 24.4 Å². The number of hydrogen-bond donors (Lipinski definition) is 1. The first-order chi connectivity index (χ1) is 7.39. The van der Waals surface area contributed by atoms with Crippen LogP contribution in [0, 0.1) is 11.2 Å². The Bertz CT molecular complexity index is 405. The van der Waals surface area contributed by atoms with Crippen LogP contribution in [0.1, 0.15) is 20.8 Å². The minimum atomic E-state index is -0.389. The van der Waals surface area contributed by atoms with E-state index < -0.39 is 0 Å². The van der Waals surface area contributed by atoms with Crippen molar-refractivity contribution in [2.24, 2.45) is 5.41 Å². The summed E-state index contributed by atoms with van der Waals surface area (Å²) in [6.45, 7) is 5.55. The number of rotatable bonds is 3. The molecule has 0 aliphatic rings. The Morgan fingerprint density at radius 2 is 2.06 bits per heavy atom. The van der Waals surface area contributed by atoms with Crippen molar-refractivity contribution in [1.82, 2.24) is 0 Å². The van der Waals surface area contributed by atoms with Crippen LogP contribution in [0.25, 0.3) is 0 Å². The number of nitrogens with one attached hydrogen (secondary N) is 1. The van der Waals surface area contributed by atoms with Crippen molar-refractivity contribution < 1.29 is 9.18 Å². The molecule has 0 unspecified atom stereocenters. The maximum absolute atomic E-state index is 12.8. The second-order valence-corrected chi connectivity index (χ2v) is 4.60. The van der Waals surface area contributed by atoms with Gasteiger partial charge in [0.1, 0.15) is 5.82 Å². The Kier molecular flexibility index (Phi) is 3.82. The molecule has 2 nitrogen and oxygen atoms in total. The molecule has 1 aromatic rings. The van der Waals surface area contributed by atoms with E-state index >= 15 is 0 Å². The molecule has 0 radical (unpaired) electrons. The number of carbonyl (C=O) groups excluding carboxylic acids is 1. The smallest absolute Gasteiger partial charge is 0.162 e. The van der Waals surface area contributed by atoms with Crippen LogP contribution in [0.4, 0.5) is 10.1 Å². The highest BCUT2D eigenvalue weighted by Crippen LogP contribution is 2.15. The molecule has 0 heterocycles. The standard InChI is InChI=1S/C13H16FNO/c1-13(2,3)12(16)7-8-15-11-6-4-5-10(14)9-11/h4-9,15H,1-3H3/b8-7+. The van der Waals surface area contributed by atoms with Crippen LogP contribution in [0.15, 0.2) is 36.5 Å². The van der Waals surface area contributed by atoms with Gasteiger partial charge in [0, 0.05) is 17.3 Å². The SMILES string of the molecule is CC(C)(C)C(=O)/C=C/Nc1cccc(F)c1. The Morgan fingerprint density at radius 1 is 1.38 bits per heavy atom. The fraction of sp³-hybridized carbons (Fsp3) is 0.308. The first-order valence-electron chi connectivity index (χ1n) is 5.13. The zero-order valence-corrected chi connectivity index (χ0v) is 9.75. The molecule has 1 aromatic carbocycles. The monoisotopic (exact) mass is 221 g/mol. The Labute approximate surface area is 95.2 Å². The number of anilines is 1. The zero-order chi connectivity index (χ0) is 12.2. The summed E-state index contributed by atoms with van der Waals surface area (Å²) in [5.74, 6) is -0.281. The molecule has 0 saturated heterocycles. The molecule has 0 aliphatic carbocycles. The van der Waals surface area contributed by atoms with E-state index in [1.54, 1.807) is 12.1 Å². The number of hydrogen-bond acceptors (Lipinski definition) is 2. The van der Waals surface area contributed by atoms with Gasteiger partial charge in [-0.05, 0) is 24.3 Å². The predicted molar refractivity (Wildman–Crippen MR) is 63.6 cm³/mol.